The van der Waals surface area contributed by atoms with E-state index in [0.717, 1.165) is 16.5 Å². The Morgan fingerprint density at radius 2 is 2.08 bits per heavy atom. The molecule has 2 N–H and O–H groups in total. The van der Waals surface area contributed by atoms with Crippen LogP contribution in [-0.4, -0.2) is 49.7 Å². The smallest absolute Gasteiger partial charge is 0.223 e. The topological polar surface area (TPSA) is 85.5 Å². The normalized spacial score (nSPS) is 17.1. The van der Waals surface area contributed by atoms with Gasteiger partial charge in [-0.05, 0) is 36.9 Å². The lowest BCUT2D eigenvalue weighted by molar-refractivity contribution is 0.132. The van der Waals surface area contributed by atoms with Gasteiger partial charge in [0, 0.05) is 25.2 Å². The fraction of sp³-hybridized carbons (Fsp3) is 0.471. The van der Waals surface area contributed by atoms with E-state index in [-0.39, 0.29) is 6.10 Å². The van der Waals surface area contributed by atoms with Crippen LogP contribution in [0.25, 0.3) is 10.8 Å². The van der Waals surface area contributed by atoms with Gasteiger partial charge in [0.15, 0.2) is 0 Å². The largest absolute Gasteiger partial charge is 0.474 e. The van der Waals surface area contributed by atoms with Crippen molar-refractivity contribution in [3.63, 3.8) is 0 Å². The molecule has 2 heterocycles. The van der Waals surface area contributed by atoms with E-state index in [1.54, 1.807) is 0 Å². The SMILES string of the molecule is CS(=O)(=O)N1CCC(Oc2nc(CCN)cc3cccc(Cl)c23)CC1. The molecule has 0 spiro atoms. The summed E-state index contributed by atoms with van der Waals surface area (Å²) in [5.41, 5.74) is 6.52. The molecule has 0 radical (unpaired) electrons. The first-order valence-corrected chi connectivity index (χ1v) is 10.5. The zero-order chi connectivity index (χ0) is 18.0. The highest BCUT2D eigenvalue weighted by molar-refractivity contribution is 7.88. The molecule has 8 heteroatoms. The van der Waals surface area contributed by atoms with Gasteiger partial charge in [-0.25, -0.2) is 17.7 Å². The van der Waals surface area contributed by atoms with Gasteiger partial charge in [-0.3, -0.25) is 0 Å². The summed E-state index contributed by atoms with van der Waals surface area (Å²) in [6.07, 6.45) is 3.06. The maximum Gasteiger partial charge on any atom is 0.223 e. The second-order valence-corrected chi connectivity index (χ2v) is 8.66. The number of halogens is 1. The van der Waals surface area contributed by atoms with Crippen LogP contribution >= 0.6 is 11.6 Å². The molecular formula is C17H22ClN3O3S. The minimum absolute atomic E-state index is 0.0851. The minimum Gasteiger partial charge on any atom is -0.474 e. The third kappa shape index (κ3) is 4.23. The van der Waals surface area contributed by atoms with Gasteiger partial charge in [-0.15, -0.1) is 0 Å². The molecule has 1 aromatic heterocycles. The van der Waals surface area contributed by atoms with E-state index in [4.69, 9.17) is 22.1 Å². The lowest BCUT2D eigenvalue weighted by Gasteiger charge is -2.30. The van der Waals surface area contributed by atoms with Gasteiger partial charge < -0.3 is 10.5 Å². The van der Waals surface area contributed by atoms with Crippen molar-refractivity contribution >= 4 is 32.4 Å². The standard InChI is InChI=1S/C17H22ClN3O3S/c1-25(22,23)21-9-6-14(7-10-21)24-17-16-12(3-2-4-15(16)18)11-13(20-17)5-8-19/h2-4,11,14H,5-10,19H2,1H3. The average Bonchev–Trinajstić information content (AvgIpc) is 2.55. The predicted molar refractivity (Wildman–Crippen MR) is 99.6 cm³/mol. The molecule has 1 aliphatic rings. The first-order valence-electron chi connectivity index (χ1n) is 8.28. The van der Waals surface area contributed by atoms with Crippen molar-refractivity contribution in [3.8, 4) is 5.88 Å². The van der Waals surface area contributed by atoms with E-state index in [2.05, 4.69) is 4.98 Å². The van der Waals surface area contributed by atoms with Crippen molar-refractivity contribution < 1.29 is 13.2 Å². The Morgan fingerprint density at radius 3 is 2.72 bits per heavy atom. The van der Waals surface area contributed by atoms with Gasteiger partial charge in [0.2, 0.25) is 15.9 Å². The highest BCUT2D eigenvalue weighted by Crippen LogP contribution is 2.33. The summed E-state index contributed by atoms with van der Waals surface area (Å²) in [5, 5.41) is 2.35. The molecule has 6 nitrogen and oxygen atoms in total. The van der Waals surface area contributed by atoms with E-state index >= 15 is 0 Å². The third-order valence-electron chi connectivity index (χ3n) is 4.38. The highest BCUT2D eigenvalue weighted by atomic mass is 35.5. The Balaban J connectivity index is 1.86. The fourth-order valence-electron chi connectivity index (χ4n) is 3.09. The Bertz CT molecular complexity index is 865. The Morgan fingerprint density at radius 1 is 1.36 bits per heavy atom. The van der Waals surface area contributed by atoms with Gasteiger partial charge in [0.05, 0.1) is 16.7 Å². The first kappa shape index (κ1) is 18.4. The number of pyridine rings is 1. The van der Waals surface area contributed by atoms with Crippen molar-refractivity contribution in [1.82, 2.24) is 9.29 Å². The summed E-state index contributed by atoms with van der Waals surface area (Å²) >= 11 is 6.36. The Kier molecular flexibility index (Phi) is 5.48. The molecule has 1 saturated heterocycles. The van der Waals surface area contributed by atoms with Crippen molar-refractivity contribution in [2.24, 2.45) is 5.73 Å². The van der Waals surface area contributed by atoms with E-state index in [9.17, 15) is 8.42 Å². The molecule has 136 valence electrons. The first-order chi connectivity index (χ1) is 11.9. The molecule has 0 bridgehead atoms. The molecule has 1 fully saturated rings. The second-order valence-electron chi connectivity index (χ2n) is 6.27. The number of piperidine rings is 1. The summed E-state index contributed by atoms with van der Waals surface area (Å²) in [7, 11) is -3.15. The zero-order valence-corrected chi connectivity index (χ0v) is 15.7. The fourth-order valence-corrected chi connectivity index (χ4v) is 4.22. The molecule has 1 aliphatic heterocycles. The molecule has 1 aromatic carbocycles. The second kappa shape index (κ2) is 7.45. The van der Waals surface area contributed by atoms with Gasteiger partial charge >= 0.3 is 0 Å². The van der Waals surface area contributed by atoms with Gasteiger partial charge in [0.25, 0.3) is 0 Å². The van der Waals surface area contributed by atoms with Crippen LogP contribution in [0.4, 0.5) is 0 Å². The number of nitrogens with two attached hydrogens (primary N) is 1. The molecule has 3 rings (SSSR count). The van der Waals surface area contributed by atoms with Gasteiger partial charge in [0.1, 0.15) is 6.10 Å². The molecule has 25 heavy (non-hydrogen) atoms. The molecule has 2 aromatic rings. The van der Waals surface area contributed by atoms with Crippen LogP contribution in [-0.2, 0) is 16.4 Å². The van der Waals surface area contributed by atoms with Crippen LogP contribution < -0.4 is 10.5 Å². The lowest BCUT2D eigenvalue weighted by atomic mass is 10.1. The monoisotopic (exact) mass is 383 g/mol. The Labute approximate surface area is 153 Å². The van der Waals surface area contributed by atoms with E-state index < -0.39 is 10.0 Å². The molecule has 0 unspecified atom stereocenters. The van der Waals surface area contributed by atoms with Gasteiger partial charge in [-0.1, -0.05) is 23.7 Å². The van der Waals surface area contributed by atoms with E-state index in [1.165, 1.54) is 10.6 Å². The molecule has 0 saturated carbocycles. The van der Waals surface area contributed by atoms with E-state index in [1.807, 2.05) is 24.3 Å². The van der Waals surface area contributed by atoms with Crippen LogP contribution in [0.5, 0.6) is 5.88 Å². The number of fused-ring (bicyclic) bond motifs is 1. The van der Waals surface area contributed by atoms with Gasteiger partial charge in [-0.2, -0.15) is 0 Å². The molecular weight excluding hydrogens is 362 g/mol. The van der Waals surface area contributed by atoms with Crippen LogP contribution in [0.1, 0.15) is 18.5 Å². The summed E-state index contributed by atoms with van der Waals surface area (Å²) in [4.78, 5) is 4.59. The number of nitrogens with zero attached hydrogens (tertiary/aromatic N) is 2. The van der Waals surface area contributed by atoms with Crippen molar-refractivity contribution in [2.45, 2.75) is 25.4 Å². The highest BCUT2D eigenvalue weighted by Gasteiger charge is 2.27. The molecule has 0 atom stereocenters. The minimum atomic E-state index is -3.15. The van der Waals surface area contributed by atoms with Crippen LogP contribution in [0.15, 0.2) is 24.3 Å². The number of sulfonamides is 1. The summed E-state index contributed by atoms with van der Waals surface area (Å²) < 4.78 is 30.9. The lowest BCUT2D eigenvalue weighted by Crippen LogP contribution is -2.41. The van der Waals surface area contributed by atoms with Crippen LogP contribution in [0.3, 0.4) is 0 Å². The zero-order valence-electron chi connectivity index (χ0n) is 14.1. The third-order valence-corrected chi connectivity index (χ3v) is 5.99. The number of benzene rings is 1. The average molecular weight is 384 g/mol. The number of hydrogen-bond donors (Lipinski definition) is 1. The summed E-state index contributed by atoms with van der Waals surface area (Å²) in [6.45, 7) is 1.42. The quantitative estimate of drug-likeness (QED) is 0.855. The maximum absolute atomic E-state index is 11.6. The van der Waals surface area contributed by atoms with E-state index in [0.29, 0.717) is 49.8 Å². The Hall–Kier alpha value is -1.41. The number of rotatable bonds is 5. The van der Waals surface area contributed by atoms with Crippen molar-refractivity contribution in [2.75, 3.05) is 25.9 Å². The van der Waals surface area contributed by atoms with Crippen molar-refractivity contribution in [3.05, 3.63) is 35.0 Å². The number of aromatic nitrogens is 1. The number of hydrogen-bond acceptors (Lipinski definition) is 5. The predicted octanol–water partition coefficient (Wildman–Crippen LogP) is 2.19. The number of ether oxygens (including phenoxy) is 1. The van der Waals surface area contributed by atoms with Crippen molar-refractivity contribution in [1.29, 1.82) is 0 Å². The van der Waals surface area contributed by atoms with Crippen LogP contribution in [0.2, 0.25) is 5.02 Å². The maximum atomic E-state index is 11.6. The molecule has 0 aliphatic carbocycles. The summed E-state index contributed by atoms with van der Waals surface area (Å²) in [5.74, 6) is 0.504. The summed E-state index contributed by atoms with van der Waals surface area (Å²) in [6, 6.07) is 7.66. The molecule has 0 amide bonds. The van der Waals surface area contributed by atoms with Crippen LogP contribution in [0, 0.1) is 0 Å².